The molecule has 0 radical (unpaired) electrons. The van der Waals surface area contributed by atoms with Crippen LogP contribution < -0.4 is 4.57 Å². The van der Waals surface area contributed by atoms with Crippen molar-refractivity contribution in [2.75, 3.05) is 0 Å². The molecule has 0 unspecified atom stereocenters. The van der Waals surface area contributed by atoms with Crippen molar-refractivity contribution in [1.29, 1.82) is 0 Å². The molecule has 0 atom stereocenters. The molecule has 2 aromatic heterocycles. The third kappa shape index (κ3) is 2.63. The predicted molar refractivity (Wildman–Crippen MR) is 145 cm³/mol. The van der Waals surface area contributed by atoms with Crippen LogP contribution in [0.3, 0.4) is 0 Å². The summed E-state index contributed by atoms with van der Waals surface area (Å²) in [7, 11) is 2.10. The molecule has 36 heavy (non-hydrogen) atoms. The van der Waals surface area contributed by atoms with Crippen LogP contribution in [0.5, 0.6) is 0 Å². The van der Waals surface area contributed by atoms with Crippen molar-refractivity contribution < 1.29 is 13.4 Å². The Hall–Kier alpha value is -3.98. The molecule has 1 aliphatic carbocycles. The molecular formula is C33H27FNO+. The number of halogens is 1. The van der Waals surface area contributed by atoms with Crippen LogP contribution in [0.1, 0.15) is 36.1 Å². The number of aromatic nitrogens is 1. The number of benzene rings is 4. The van der Waals surface area contributed by atoms with Gasteiger partial charge in [-0.1, -0.05) is 44.2 Å². The summed E-state index contributed by atoms with van der Waals surface area (Å²) < 4.78 is 23.0. The third-order valence-electron chi connectivity index (χ3n) is 8.31. The first-order valence-corrected chi connectivity index (χ1v) is 12.5. The van der Waals surface area contributed by atoms with Crippen LogP contribution >= 0.6 is 0 Å². The molecule has 4 aromatic carbocycles. The Balaban J connectivity index is 1.62. The van der Waals surface area contributed by atoms with E-state index in [9.17, 15) is 4.39 Å². The molecular weight excluding hydrogens is 445 g/mol. The number of nitrogens with zero attached hydrogens (tertiary/aromatic N) is 1. The van der Waals surface area contributed by atoms with Crippen LogP contribution in [0.4, 0.5) is 4.39 Å². The van der Waals surface area contributed by atoms with Gasteiger partial charge in [0.25, 0.3) is 0 Å². The van der Waals surface area contributed by atoms with Crippen molar-refractivity contribution in [1.82, 2.24) is 0 Å². The summed E-state index contributed by atoms with van der Waals surface area (Å²) in [5, 5.41) is 4.66. The Labute approximate surface area is 209 Å². The SMILES string of the molecule is Cc1cc2c(oc3ccccc32)c(-c2c3ccc4c(c3cc[n+]2C)C(C)(C)c2cc(F)ccc2-4)c1C. The van der Waals surface area contributed by atoms with Crippen molar-refractivity contribution in [3.05, 3.63) is 101 Å². The van der Waals surface area contributed by atoms with Gasteiger partial charge < -0.3 is 4.42 Å². The van der Waals surface area contributed by atoms with Crippen LogP contribution in [0.15, 0.2) is 77.3 Å². The van der Waals surface area contributed by atoms with Crippen molar-refractivity contribution in [2.45, 2.75) is 33.1 Å². The fourth-order valence-electron chi connectivity index (χ4n) is 6.43. The lowest BCUT2D eigenvalue weighted by molar-refractivity contribution is -0.659. The van der Waals surface area contributed by atoms with Crippen molar-refractivity contribution in [3.63, 3.8) is 0 Å². The summed E-state index contributed by atoms with van der Waals surface area (Å²) in [6.07, 6.45) is 2.15. The summed E-state index contributed by atoms with van der Waals surface area (Å²) in [5.74, 6) is -0.186. The van der Waals surface area contributed by atoms with Gasteiger partial charge in [-0.05, 0) is 82.9 Å². The van der Waals surface area contributed by atoms with Crippen LogP contribution in [0.2, 0.25) is 0 Å². The predicted octanol–water partition coefficient (Wildman–Crippen LogP) is 8.29. The van der Waals surface area contributed by atoms with E-state index in [0.717, 1.165) is 44.3 Å². The highest BCUT2D eigenvalue weighted by molar-refractivity contribution is 6.13. The molecule has 1 aliphatic rings. The van der Waals surface area contributed by atoms with Crippen LogP contribution in [0.25, 0.3) is 55.1 Å². The minimum atomic E-state index is -0.306. The molecule has 0 amide bonds. The van der Waals surface area contributed by atoms with Crippen molar-refractivity contribution >= 4 is 32.7 Å². The van der Waals surface area contributed by atoms with Gasteiger partial charge in [0.2, 0.25) is 5.69 Å². The number of fused-ring (bicyclic) bond motifs is 8. The fourth-order valence-corrected chi connectivity index (χ4v) is 6.43. The van der Waals surface area contributed by atoms with Gasteiger partial charge in [-0.25, -0.2) is 8.96 Å². The summed E-state index contributed by atoms with van der Waals surface area (Å²) in [6.45, 7) is 8.78. The van der Waals surface area contributed by atoms with Crippen molar-refractivity contribution in [3.8, 4) is 22.4 Å². The van der Waals surface area contributed by atoms with Gasteiger partial charge in [0.05, 0.1) is 10.9 Å². The Morgan fingerprint density at radius 3 is 2.42 bits per heavy atom. The van der Waals surface area contributed by atoms with Crippen LogP contribution in [0, 0.1) is 19.7 Å². The van der Waals surface area contributed by atoms with Gasteiger partial charge in [-0.2, -0.15) is 0 Å². The maximum Gasteiger partial charge on any atom is 0.224 e. The Kier molecular flexibility index (Phi) is 4.17. The average Bonchev–Trinajstić information content (AvgIpc) is 3.33. The maximum absolute atomic E-state index is 14.3. The molecule has 2 nitrogen and oxygen atoms in total. The molecule has 3 heteroatoms. The zero-order chi connectivity index (χ0) is 24.9. The standard InChI is InChI=1S/C33H27FNO/c1-18-16-26-22-8-6-7-9-28(22)36-32(26)29(19(18)2)31-25-13-12-23-21-11-10-20(34)17-27(21)33(3,4)30(23)24(25)14-15-35(31)5/h6-17H,1-5H3/q+1. The lowest BCUT2D eigenvalue weighted by Gasteiger charge is -2.23. The van der Waals surface area contributed by atoms with E-state index in [2.05, 4.69) is 81.9 Å². The number of rotatable bonds is 1. The molecule has 0 aliphatic heterocycles. The van der Waals surface area contributed by atoms with Gasteiger partial charge in [0.1, 0.15) is 24.0 Å². The molecule has 6 aromatic rings. The molecule has 7 rings (SSSR count). The first kappa shape index (κ1) is 21.3. The van der Waals surface area contributed by atoms with Crippen molar-refractivity contribution in [2.24, 2.45) is 7.05 Å². The Morgan fingerprint density at radius 1 is 0.806 bits per heavy atom. The highest BCUT2D eigenvalue weighted by Crippen LogP contribution is 2.52. The van der Waals surface area contributed by atoms with Gasteiger partial charge in [-0.15, -0.1) is 0 Å². The lowest BCUT2D eigenvalue weighted by Crippen LogP contribution is -2.31. The molecule has 2 heterocycles. The first-order chi connectivity index (χ1) is 17.3. The monoisotopic (exact) mass is 472 g/mol. The summed E-state index contributed by atoms with van der Waals surface area (Å²) in [6, 6.07) is 22.4. The first-order valence-electron chi connectivity index (χ1n) is 12.5. The van der Waals surface area contributed by atoms with Crippen LogP contribution in [-0.4, -0.2) is 0 Å². The normalized spacial score (nSPS) is 14.1. The number of aryl methyl sites for hydroxylation is 2. The highest BCUT2D eigenvalue weighted by Gasteiger charge is 2.38. The minimum absolute atomic E-state index is 0.186. The van der Waals surface area contributed by atoms with Gasteiger partial charge in [0, 0.05) is 22.3 Å². The Morgan fingerprint density at radius 2 is 1.58 bits per heavy atom. The van der Waals surface area contributed by atoms with E-state index in [0.29, 0.717) is 0 Å². The topological polar surface area (TPSA) is 17.0 Å². The second-order valence-corrected chi connectivity index (χ2v) is 10.7. The van der Waals surface area contributed by atoms with Crippen LogP contribution in [-0.2, 0) is 12.5 Å². The third-order valence-corrected chi connectivity index (χ3v) is 8.31. The number of hydrogen-bond donors (Lipinski definition) is 0. The van der Waals surface area contributed by atoms with E-state index in [-0.39, 0.29) is 11.2 Å². The number of hydrogen-bond acceptors (Lipinski definition) is 1. The maximum atomic E-state index is 14.3. The van der Waals surface area contributed by atoms with Gasteiger partial charge in [0.15, 0.2) is 6.20 Å². The smallest absolute Gasteiger partial charge is 0.224 e. The quantitative estimate of drug-likeness (QED) is 0.220. The molecule has 0 saturated heterocycles. The number of para-hydroxylation sites is 1. The second-order valence-electron chi connectivity index (χ2n) is 10.7. The molecule has 0 N–H and O–H groups in total. The fraction of sp³-hybridized carbons (Fsp3) is 0.182. The van der Waals surface area contributed by atoms with E-state index >= 15 is 0 Å². The second kappa shape index (κ2) is 7.04. The van der Waals surface area contributed by atoms with E-state index in [1.54, 1.807) is 12.1 Å². The van der Waals surface area contributed by atoms with E-state index < -0.39 is 0 Å². The largest absolute Gasteiger partial charge is 0.455 e. The molecule has 0 spiro atoms. The lowest BCUT2D eigenvalue weighted by atomic mass is 9.80. The summed E-state index contributed by atoms with van der Waals surface area (Å²) in [5.41, 5.74) is 10.9. The molecule has 0 saturated carbocycles. The average molecular weight is 473 g/mol. The molecule has 176 valence electrons. The summed E-state index contributed by atoms with van der Waals surface area (Å²) >= 11 is 0. The molecule has 0 fully saturated rings. The van der Waals surface area contributed by atoms with Gasteiger partial charge >= 0.3 is 0 Å². The van der Waals surface area contributed by atoms with Gasteiger partial charge in [-0.3, -0.25) is 0 Å². The van der Waals surface area contributed by atoms with E-state index in [4.69, 9.17) is 4.42 Å². The van der Waals surface area contributed by atoms with E-state index in [1.165, 1.54) is 33.0 Å². The summed E-state index contributed by atoms with van der Waals surface area (Å²) in [4.78, 5) is 0. The molecule has 0 bridgehead atoms. The zero-order valence-corrected chi connectivity index (χ0v) is 21.2. The number of furan rings is 1. The highest BCUT2D eigenvalue weighted by atomic mass is 19.1. The minimum Gasteiger partial charge on any atom is -0.455 e. The van der Waals surface area contributed by atoms with E-state index in [1.807, 2.05) is 18.2 Å². The Bertz CT molecular complexity index is 1910. The zero-order valence-electron chi connectivity index (χ0n) is 21.2. The number of pyridine rings is 1.